The Kier molecular flexibility index (Phi) is 6.11. The van der Waals surface area contributed by atoms with Crippen molar-refractivity contribution in [1.29, 1.82) is 5.26 Å². The SMILES string of the molecule is N#Cc1ccc(C#Cc2ccccc2-c2nc3cc(F)c(F)cc3n2CC2CCCCC2)cc1. The van der Waals surface area contributed by atoms with Gasteiger partial charge in [0.1, 0.15) is 5.82 Å². The summed E-state index contributed by atoms with van der Waals surface area (Å²) in [5.74, 6) is 5.79. The number of nitriles is 1. The Bertz CT molecular complexity index is 1440. The second kappa shape index (κ2) is 9.49. The van der Waals surface area contributed by atoms with Gasteiger partial charge in [0, 0.05) is 35.4 Å². The first-order chi connectivity index (χ1) is 16.6. The van der Waals surface area contributed by atoms with Gasteiger partial charge in [0.25, 0.3) is 0 Å². The van der Waals surface area contributed by atoms with E-state index in [2.05, 4.69) is 17.9 Å². The van der Waals surface area contributed by atoms with Gasteiger partial charge in [0.05, 0.1) is 22.7 Å². The molecule has 4 aromatic rings. The van der Waals surface area contributed by atoms with Crippen LogP contribution in [0.2, 0.25) is 0 Å². The number of fused-ring (bicyclic) bond motifs is 1. The van der Waals surface area contributed by atoms with Crippen LogP contribution in [0.1, 0.15) is 48.8 Å². The third-order valence-electron chi connectivity index (χ3n) is 6.48. The van der Waals surface area contributed by atoms with Crippen molar-refractivity contribution in [2.75, 3.05) is 0 Å². The average Bonchev–Trinajstić information content (AvgIpc) is 3.20. The molecular weight excluding hydrogens is 428 g/mol. The number of nitrogens with zero attached hydrogens (tertiary/aromatic N) is 3. The highest BCUT2D eigenvalue weighted by molar-refractivity contribution is 5.82. The molecule has 1 aliphatic carbocycles. The van der Waals surface area contributed by atoms with Crippen LogP contribution in [-0.4, -0.2) is 9.55 Å². The standard InChI is InChI=1S/C29H23F2N3/c30-25-16-27-28(17-26(25)31)34(19-22-6-2-1-3-7-22)29(33-27)24-9-5-4-8-23(24)15-14-20-10-12-21(18-32)13-11-20/h4-5,8-13,16-17,22H,1-3,6-7,19H2. The minimum absolute atomic E-state index is 0.444. The van der Waals surface area contributed by atoms with Crippen LogP contribution in [0.15, 0.2) is 60.7 Å². The molecule has 5 heteroatoms. The van der Waals surface area contributed by atoms with Crippen LogP contribution in [0.3, 0.4) is 0 Å². The molecule has 1 heterocycles. The molecule has 1 saturated carbocycles. The van der Waals surface area contributed by atoms with E-state index in [4.69, 9.17) is 10.2 Å². The van der Waals surface area contributed by atoms with E-state index in [-0.39, 0.29) is 0 Å². The lowest BCUT2D eigenvalue weighted by Gasteiger charge is -2.23. The molecule has 3 aromatic carbocycles. The zero-order valence-electron chi connectivity index (χ0n) is 18.7. The minimum Gasteiger partial charge on any atom is -0.324 e. The second-order valence-corrected chi connectivity index (χ2v) is 8.79. The van der Waals surface area contributed by atoms with Gasteiger partial charge in [0.2, 0.25) is 0 Å². The monoisotopic (exact) mass is 451 g/mol. The average molecular weight is 452 g/mol. The van der Waals surface area contributed by atoms with Crippen molar-refractivity contribution in [3.63, 3.8) is 0 Å². The smallest absolute Gasteiger partial charge is 0.161 e. The van der Waals surface area contributed by atoms with E-state index in [9.17, 15) is 8.78 Å². The number of benzene rings is 3. The van der Waals surface area contributed by atoms with Gasteiger partial charge in [-0.3, -0.25) is 0 Å². The summed E-state index contributed by atoms with van der Waals surface area (Å²) in [6.07, 6.45) is 5.90. The summed E-state index contributed by atoms with van der Waals surface area (Å²) in [4.78, 5) is 4.74. The molecule has 3 nitrogen and oxygen atoms in total. The van der Waals surface area contributed by atoms with Crippen LogP contribution in [0.4, 0.5) is 8.78 Å². The molecule has 0 saturated heterocycles. The lowest BCUT2D eigenvalue weighted by Crippen LogP contribution is -2.15. The number of halogens is 2. The third kappa shape index (κ3) is 4.43. The predicted octanol–water partition coefficient (Wildman–Crippen LogP) is 6.83. The van der Waals surface area contributed by atoms with Gasteiger partial charge in [0.15, 0.2) is 11.6 Å². The summed E-state index contributed by atoms with van der Waals surface area (Å²) in [6, 6.07) is 19.4. The van der Waals surface area contributed by atoms with Crippen molar-refractivity contribution in [3.8, 4) is 29.3 Å². The topological polar surface area (TPSA) is 41.6 Å². The maximum atomic E-state index is 14.2. The van der Waals surface area contributed by atoms with Crippen molar-refractivity contribution in [1.82, 2.24) is 9.55 Å². The van der Waals surface area contributed by atoms with Crippen molar-refractivity contribution in [3.05, 3.63) is 89.0 Å². The van der Waals surface area contributed by atoms with Gasteiger partial charge in [-0.1, -0.05) is 43.2 Å². The van der Waals surface area contributed by atoms with Crippen molar-refractivity contribution >= 4 is 11.0 Å². The first-order valence-corrected chi connectivity index (χ1v) is 11.6. The summed E-state index contributed by atoms with van der Waals surface area (Å²) in [5.41, 5.74) is 4.05. The maximum absolute atomic E-state index is 14.2. The van der Waals surface area contributed by atoms with E-state index < -0.39 is 11.6 Å². The molecule has 34 heavy (non-hydrogen) atoms. The molecule has 0 bridgehead atoms. The fraction of sp³-hybridized carbons (Fsp3) is 0.241. The molecule has 0 aliphatic heterocycles. The summed E-state index contributed by atoms with van der Waals surface area (Å²) in [6.45, 7) is 0.717. The number of imidazole rings is 1. The Hall–Kier alpha value is -3.96. The van der Waals surface area contributed by atoms with Crippen molar-refractivity contribution in [2.24, 2.45) is 5.92 Å². The number of rotatable bonds is 3. The highest BCUT2D eigenvalue weighted by Gasteiger charge is 2.21. The number of aromatic nitrogens is 2. The third-order valence-corrected chi connectivity index (χ3v) is 6.48. The molecule has 168 valence electrons. The van der Waals surface area contributed by atoms with Gasteiger partial charge < -0.3 is 4.57 Å². The first-order valence-electron chi connectivity index (χ1n) is 11.6. The second-order valence-electron chi connectivity index (χ2n) is 8.79. The van der Waals surface area contributed by atoms with Crippen LogP contribution in [-0.2, 0) is 6.54 Å². The van der Waals surface area contributed by atoms with Crippen LogP contribution >= 0.6 is 0 Å². The Balaban J connectivity index is 1.61. The number of hydrogen-bond donors (Lipinski definition) is 0. The fourth-order valence-corrected chi connectivity index (χ4v) is 4.69. The molecule has 0 spiro atoms. The molecule has 0 unspecified atom stereocenters. The first kappa shape index (κ1) is 21.9. The molecule has 0 radical (unpaired) electrons. The van der Waals surface area contributed by atoms with E-state index in [0.717, 1.165) is 29.5 Å². The van der Waals surface area contributed by atoms with Crippen LogP contribution in [0, 0.1) is 40.7 Å². The predicted molar refractivity (Wildman–Crippen MR) is 129 cm³/mol. The summed E-state index contributed by atoms with van der Waals surface area (Å²) < 4.78 is 30.3. The van der Waals surface area contributed by atoms with E-state index in [0.29, 0.717) is 34.9 Å². The van der Waals surface area contributed by atoms with E-state index in [1.54, 1.807) is 12.1 Å². The summed E-state index contributed by atoms with van der Waals surface area (Å²) in [7, 11) is 0. The zero-order valence-corrected chi connectivity index (χ0v) is 18.7. The summed E-state index contributed by atoms with van der Waals surface area (Å²) in [5, 5.41) is 8.99. The highest BCUT2D eigenvalue weighted by Crippen LogP contribution is 2.32. The quantitative estimate of drug-likeness (QED) is 0.320. The largest absolute Gasteiger partial charge is 0.324 e. The molecule has 5 rings (SSSR count). The van der Waals surface area contributed by atoms with E-state index in [1.807, 2.05) is 41.0 Å². The molecule has 1 aromatic heterocycles. The molecular formula is C29H23F2N3. The van der Waals surface area contributed by atoms with Crippen molar-refractivity contribution < 1.29 is 8.78 Å². The Morgan fingerprint density at radius 2 is 1.59 bits per heavy atom. The van der Waals surface area contributed by atoms with Crippen LogP contribution in [0.25, 0.3) is 22.4 Å². The van der Waals surface area contributed by atoms with Crippen LogP contribution in [0.5, 0.6) is 0 Å². The summed E-state index contributed by atoms with van der Waals surface area (Å²) >= 11 is 0. The fourth-order valence-electron chi connectivity index (χ4n) is 4.69. The molecule has 0 atom stereocenters. The van der Waals surface area contributed by atoms with Gasteiger partial charge in [-0.25, -0.2) is 13.8 Å². The highest BCUT2D eigenvalue weighted by atomic mass is 19.2. The maximum Gasteiger partial charge on any atom is 0.161 e. The normalized spacial score (nSPS) is 13.9. The molecule has 1 fully saturated rings. The van der Waals surface area contributed by atoms with Crippen LogP contribution < -0.4 is 0 Å². The van der Waals surface area contributed by atoms with Gasteiger partial charge in [-0.05, 0) is 55.2 Å². The van der Waals surface area contributed by atoms with E-state index >= 15 is 0 Å². The van der Waals surface area contributed by atoms with Gasteiger partial charge in [-0.2, -0.15) is 5.26 Å². The van der Waals surface area contributed by atoms with Gasteiger partial charge in [-0.15, -0.1) is 0 Å². The Labute approximate surface area is 197 Å². The van der Waals surface area contributed by atoms with Crippen molar-refractivity contribution in [2.45, 2.75) is 38.6 Å². The lowest BCUT2D eigenvalue weighted by atomic mass is 9.89. The molecule has 1 aliphatic rings. The minimum atomic E-state index is -0.893. The van der Waals surface area contributed by atoms with E-state index in [1.165, 1.54) is 31.4 Å². The zero-order chi connectivity index (χ0) is 23.5. The molecule has 0 amide bonds. The van der Waals surface area contributed by atoms with Gasteiger partial charge >= 0.3 is 0 Å². The molecule has 0 N–H and O–H groups in total. The number of hydrogen-bond acceptors (Lipinski definition) is 2. The lowest BCUT2D eigenvalue weighted by molar-refractivity contribution is 0.323. The Morgan fingerprint density at radius 3 is 2.35 bits per heavy atom. The Morgan fingerprint density at radius 1 is 0.882 bits per heavy atom.